The van der Waals surface area contributed by atoms with Crippen LogP contribution in [0.15, 0.2) is 24.3 Å². The molecule has 1 aromatic carbocycles. The van der Waals surface area contributed by atoms with E-state index >= 15 is 0 Å². The van der Waals surface area contributed by atoms with Crippen molar-refractivity contribution >= 4 is 28.6 Å². The van der Waals surface area contributed by atoms with Gasteiger partial charge in [0.15, 0.2) is 0 Å². The first kappa shape index (κ1) is 7.53. The molecule has 1 rings (SSSR count). The molecule has 0 heterocycles. The fraction of sp³-hybridized carbons (Fsp3) is 0. The van der Waals surface area contributed by atoms with Gasteiger partial charge in [-0.05, 0) is 40.3 Å². The predicted octanol–water partition coefficient (Wildman–Crippen LogP) is 0.655. The lowest BCUT2D eigenvalue weighted by atomic mass is 10.2. The molecule has 0 aliphatic carbocycles. The molecule has 0 aromatic heterocycles. The Hall–Kier alpha value is -0.580. The van der Waals surface area contributed by atoms with Gasteiger partial charge in [0.25, 0.3) is 0 Å². The maximum Gasteiger partial charge on any atom is 0.0715 e. The highest BCUT2D eigenvalue weighted by Gasteiger charge is 1.91. The largest absolute Gasteiger partial charge is 0.545 e. The number of carboxylic acids is 1. The summed E-state index contributed by atoms with van der Waals surface area (Å²) < 4.78 is 0.902. The van der Waals surface area contributed by atoms with Crippen LogP contribution in [0.2, 0.25) is 0 Å². The molecule has 0 unspecified atom stereocenters. The standard InChI is InChI=1S/C7H5IO2/c8-6-3-1-2-5(4-6)7(9)10/h1-4H,(H,9,10)/p-1. The Balaban J connectivity index is 3.07. The zero-order valence-corrected chi connectivity index (χ0v) is 7.16. The molecule has 0 aliphatic rings. The van der Waals surface area contributed by atoms with Gasteiger partial charge in [-0.3, -0.25) is 0 Å². The van der Waals surface area contributed by atoms with E-state index in [1.54, 1.807) is 12.1 Å². The monoisotopic (exact) mass is 247 g/mol. The van der Waals surface area contributed by atoms with Gasteiger partial charge in [0.1, 0.15) is 0 Å². The molecule has 1 aromatic rings. The Morgan fingerprint density at radius 3 is 2.60 bits per heavy atom. The maximum absolute atomic E-state index is 10.2. The van der Waals surface area contributed by atoms with Gasteiger partial charge in [-0.1, -0.05) is 12.1 Å². The van der Waals surface area contributed by atoms with Gasteiger partial charge in [-0.25, -0.2) is 0 Å². The molecule has 0 amide bonds. The van der Waals surface area contributed by atoms with Gasteiger partial charge in [-0.15, -0.1) is 0 Å². The van der Waals surface area contributed by atoms with Gasteiger partial charge in [0, 0.05) is 3.57 Å². The first-order chi connectivity index (χ1) is 4.70. The second-order valence-corrected chi connectivity index (χ2v) is 3.04. The molecule has 0 saturated heterocycles. The second kappa shape index (κ2) is 3.01. The lowest BCUT2D eigenvalue weighted by Gasteiger charge is -2.00. The summed E-state index contributed by atoms with van der Waals surface area (Å²) >= 11 is 2.05. The number of carbonyl (C=O) groups is 1. The van der Waals surface area contributed by atoms with Gasteiger partial charge in [-0.2, -0.15) is 0 Å². The molecule has 0 spiro atoms. The lowest BCUT2D eigenvalue weighted by molar-refractivity contribution is -0.255. The van der Waals surface area contributed by atoms with E-state index in [9.17, 15) is 9.90 Å². The summed E-state index contributed by atoms with van der Waals surface area (Å²) in [6.45, 7) is 0. The van der Waals surface area contributed by atoms with Crippen LogP contribution in [-0.4, -0.2) is 5.97 Å². The third-order valence-corrected chi connectivity index (χ3v) is 1.73. The number of hydrogen-bond acceptors (Lipinski definition) is 2. The van der Waals surface area contributed by atoms with Crippen molar-refractivity contribution in [1.29, 1.82) is 0 Å². The summed E-state index contributed by atoms with van der Waals surface area (Å²) in [5, 5.41) is 10.2. The van der Waals surface area contributed by atoms with E-state index in [0.717, 1.165) is 3.57 Å². The fourth-order valence-corrected chi connectivity index (χ4v) is 1.16. The van der Waals surface area contributed by atoms with Crippen LogP contribution in [0, 0.1) is 3.57 Å². The zero-order valence-electron chi connectivity index (χ0n) is 5.00. The molecule has 3 heteroatoms. The van der Waals surface area contributed by atoms with Crippen LogP contribution < -0.4 is 5.11 Å². The Morgan fingerprint density at radius 2 is 2.20 bits per heavy atom. The summed E-state index contributed by atoms with van der Waals surface area (Å²) in [7, 11) is 0. The first-order valence-electron chi connectivity index (χ1n) is 2.67. The zero-order chi connectivity index (χ0) is 7.56. The lowest BCUT2D eigenvalue weighted by Crippen LogP contribution is -2.22. The number of hydrogen-bond donors (Lipinski definition) is 0. The number of rotatable bonds is 1. The molecule has 0 N–H and O–H groups in total. The van der Waals surface area contributed by atoms with Crippen molar-refractivity contribution in [3.63, 3.8) is 0 Å². The van der Waals surface area contributed by atoms with Crippen LogP contribution in [0.3, 0.4) is 0 Å². The number of halogens is 1. The van der Waals surface area contributed by atoms with Crippen LogP contribution >= 0.6 is 22.6 Å². The highest BCUT2D eigenvalue weighted by Crippen LogP contribution is 2.06. The van der Waals surface area contributed by atoms with Gasteiger partial charge < -0.3 is 9.90 Å². The SMILES string of the molecule is O=C([O-])c1cccc(I)c1. The first-order valence-corrected chi connectivity index (χ1v) is 3.75. The van der Waals surface area contributed by atoms with E-state index in [1.165, 1.54) is 6.07 Å². The molecule has 0 saturated carbocycles. The van der Waals surface area contributed by atoms with Crippen molar-refractivity contribution < 1.29 is 9.90 Å². The molecule has 0 atom stereocenters. The highest BCUT2D eigenvalue weighted by atomic mass is 127. The third-order valence-electron chi connectivity index (χ3n) is 1.06. The number of carbonyl (C=O) groups excluding carboxylic acids is 1. The number of benzene rings is 1. The Morgan fingerprint density at radius 1 is 1.50 bits per heavy atom. The maximum atomic E-state index is 10.2. The van der Waals surface area contributed by atoms with Gasteiger partial charge in [0.2, 0.25) is 0 Å². The van der Waals surface area contributed by atoms with Gasteiger partial charge in [0.05, 0.1) is 5.97 Å². The molecule has 0 bridgehead atoms. The molecule has 0 radical (unpaired) electrons. The smallest absolute Gasteiger partial charge is 0.0715 e. The molecule has 52 valence electrons. The quantitative estimate of drug-likeness (QED) is 0.683. The minimum atomic E-state index is -1.13. The summed E-state index contributed by atoms with van der Waals surface area (Å²) in [5.74, 6) is -1.13. The van der Waals surface area contributed by atoms with E-state index in [2.05, 4.69) is 0 Å². The molecule has 0 fully saturated rings. The van der Waals surface area contributed by atoms with Crippen molar-refractivity contribution in [2.75, 3.05) is 0 Å². The predicted molar refractivity (Wildman–Crippen MR) is 43.5 cm³/mol. The average molecular weight is 247 g/mol. The topological polar surface area (TPSA) is 40.1 Å². The summed E-state index contributed by atoms with van der Waals surface area (Å²) in [6, 6.07) is 6.59. The fourth-order valence-electron chi connectivity index (χ4n) is 0.615. The Bertz CT molecular complexity index is 258. The number of carboxylic acid groups (broad SMARTS) is 1. The van der Waals surface area contributed by atoms with Crippen molar-refractivity contribution in [2.24, 2.45) is 0 Å². The van der Waals surface area contributed by atoms with Crippen LogP contribution in [0.25, 0.3) is 0 Å². The van der Waals surface area contributed by atoms with Gasteiger partial charge >= 0.3 is 0 Å². The van der Waals surface area contributed by atoms with E-state index in [0.29, 0.717) is 0 Å². The third kappa shape index (κ3) is 1.70. The summed E-state index contributed by atoms with van der Waals surface area (Å²) in [6.07, 6.45) is 0. The molecular weight excluding hydrogens is 243 g/mol. The molecule has 2 nitrogen and oxygen atoms in total. The van der Waals surface area contributed by atoms with Crippen molar-refractivity contribution in [1.82, 2.24) is 0 Å². The summed E-state index contributed by atoms with van der Waals surface area (Å²) in [4.78, 5) is 10.2. The van der Waals surface area contributed by atoms with Crippen LogP contribution in [0.4, 0.5) is 0 Å². The van der Waals surface area contributed by atoms with Crippen molar-refractivity contribution in [3.05, 3.63) is 33.4 Å². The molecule has 0 aliphatic heterocycles. The van der Waals surface area contributed by atoms with E-state index in [1.807, 2.05) is 28.7 Å². The normalized spacial score (nSPS) is 9.30. The Labute approximate surface area is 72.0 Å². The van der Waals surface area contributed by atoms with Crippen LogP contribution in [-0.2, 0) is 0 Å². The minimum Gasteiger partial charge on any atom is -0.545 e. The van der Waals surface area contributed by atoms with Crippen LogP contribution in [0.1, 0.15) is 10.4 Å². The average Bonchev–Trinajstić information content (AvgIpc) is 1.88. The second-order valence-electron chi connectivity index (χ2n) is 1.80. The molecular formula is C7H4IO2-. The number of aromatic carboxylic acids is 1. The highest BCUT2D eigenvalue weighted by molar-refractivity contribution is 14.1. The molecule has 10 heavy (non-hydrogen) atoms. The van der Waals surface area contributed by atoms with E-state index < -0.39 is 5.97 Å². The van der Waals surface area contributed by atoms with Crippen molar-refractivity contribution in [2.45, 2.75) is 0 Å². The minimum absolute atomic E-state index is 0.229. The van der Waals surface area contributed by atoms with Crippen molar-refractivity contribution in [3.8, 4) is 0 Å². The summed E-state index contributed by atoms with van der Waals surface area (Å²) in [5.41, 5.74) is 0.229. The van der Waals surface area contributed by atoms with E-state index in [-0.39, 0.29) is 5.56 Å². The van der Waals surface area contributed by atoms with Crippen LogP contribution in [0.5, 0.6) is 0 Å². The van der Waals surface area contributed by atoms with E-state index in [4.69, 9.17) is 0 Å². The Kier molecular flexibility index (Phi) is 2.26.